The van der Waals surface area contributed by atoms with E-state index >= 15 is 0 Å². The molecule has 1 aromatic carbocycles. The van der Waals surface area contributed by atoms with Crippen LogP contribution in [0.25, 0.3) is 11.1 Å². The molecular weight excluding hydrogens is 186 g/mol. The lowest BCUT2D eigenvalue weighted by atomic mass is 10.1. The van der Waals surface area contributed by atoms with Gasteiger partial charge in [0.15, 0.2) is 0 Å². The van der Waals surface area contributed by atoms with Gasteiger partial charge in [-0.25, -0.2) is 9.97 Å². The van der Waals surface area contributed by atoms with Crippen LogP contribution >= 0.6 is 0 Å². The van der Waals surface area contributed by atoms with Gasteiger partial charge in [-0.3, -0.25) is 0 Å². The lowest BCUT2D eigenvalue weighted by Gasteiger charge is -2.01. The summed E-state index contributed by atoms with van der Waals surface area (Å²) in [5, 5.41) is 8.57. The van der Waals surface area contributed by atoms with Gasteiger partial charge in [-0.2, -0.15) is 5.26 Å². The highest BCUT2D eigenvalue weighted by atomic mass is 14.9. The lowest BCUT2D eigenvalue weighted by Crippen LogP contribution is -1.88. The maximum absolute atomic E-state index is 8.57. The Balaban J connectivity index is 2.42. The van der Waals surface area contributed by atoms with Gasteiger partial charge in [-0.05, 0) is 12.5 Å². The SMILES string of the molecule is Cc1cccc(-c2cnc(C#N)nc2)c1. The first kappa shape index (κ1) is 9.35. The molecule has 0 N–H and O–H groups in total. The Morgan fingerprint density at radius 2 is 1.87 bits per heavy atom. The van der Waals surface area contributed by atoms with Crippen molar-refractivity contribution in [1.29, 1.82) is 5.26 Å². The average molecular weight is 195 g/mol. The molecule has 3 heteroatoms. The third-order valence-corrected chi connectivity index (χ3v) is 2.10. The predicted molar refractivity (Wildman–Crippen MR) is 56.9 cm³/mol. The Morgan fingerprint density at radius 1 is 1.13 bits per heavy atom. The zero-order chi connectivity index (χ0) is 10.7. The molecule has 0 aliphatic heterocycles. The molecule has 1 aromatic heterocycles. The smallest absolute Gasteiger partial charge is 0.227 e. The molecule has 72 valence electrons. The zero-order valence-corrected chi connectivity index (χ0v) is 8.31. The minimum Gasteiger partial charge on any atom is -0.227 e. The van der Waals surface area contributed by atoms with Gasteiger partial charge in [0.1, 0.15) is 6.07 Å². The summed E-state index contributed by atoms with van der Waals surface area (Å²) in [7, 11) is 0. The number of aryl methyl sites for hydroxylation is 1. The lowest BCUT2D eigenvalue weighted by molar-refractivity contribution is 1.12. The molecule has 3 nitrogen and oxygen atoms in total. The fraction of sp³-hybridized carbons (Fsp3) is 0.0833. The molecule has 2 aromatic rings. The van der Waals surface area contributed by atoms with E-state index in [1.165, 1.54) is 5.56 Å². The number of hydrogen-bond donors (Lipinski definition) is 0. The molecular formula is C12H9N3. The Morgan fingerprint density at radius 3 is 2.47 bits per heavy atom. The van der Waals surface area contributed by atoms with E-state index in [2.05, 4.69) is 16.0 Å². The summed E-state index contributed by atoms with van der Waals surface area (Å²) in [4.78, 5) is 7.86. The van der Waals surface area contributed by atoms with E-state index in [1.54, 1.807) is 12.4 Å². The largest absolute Gasteiger partial charge is 0.232 e. The maximum Gasteiger partial charge on any atom is 0.232 e. The van der Waals surface area contributed by atoms with Crippen LogP contribution in [0, 0.1) is 18.3 Å². The second-order valence-electron chi connectivity index (χ2n) is 3.28. The van der Waals surface area contributed by atoms with Crippen molar-refractivity contribution in [2.45, 2.75) is 6.92 Å². The first-order valence-corrected chi connectivity index (χ1v) is 4.59. The highest BCUT2D eigenvalue weighted by molar-refractivity contribution is 5.62. The monoisotopic (exact) mass is 195 g/mol. The van der Waals surface area contributed by atoms with Crippen LogP contribution in [0.5, 0.6) is 0 Å². The van der Waals surface area contributed by atoms with Crippen LogP contribution in [-0.2, 0) is 0 Å². The van der Waals surface area contributed by atoms with Crippen LogP contribution in [-0.4, -0.2) is 9.97 Å². The van der Waals surface area contributed by atoms with E-state index in [1.807, 2.05) is 31.2 Å². The Hall–Kier alpha value is -2.21. The van der Waals surface area contributed by atoms with Crippen LogP contribution in [0.2, 0.25) is 0 Å². The molecule has 0 bridgehead atoms. The third kappa shape index (κ3) is 2.00. The normalized spacial score (nSPS) is 9.60. The summed E-state index contributed by atoms with van der Waals surface area (Å²) >= 11 is 0. The maximum atomic E-state index is 8.57. The predicted octanol–water partition coefficient (Wildman–Crippen LogP) is 2.32. The molecule has 0 spiro atoms. The van der Waals surface area contributed by atoms with E-state index in [0.717, 1.165) is 11.1 Å². The standard InChI is InChI=1S/C12H9N3/c1-9-3-2-4-10(5-9)11-7-14-12(6-13)15-8-11/h2-5,7-8H,1H3. The highest BCUT2D eigenvalue weighted by Crippen LogP contribution is 2.18. The van der Waals surface area contributed by atoms with E-state index in [-0.39, 0.29) is 5.82 Å². The summed E-state index contributed by atoms with van der Waals surface area (Å²) in [6.07, 6.45) is 3.33. The van der Waals surface area contributed by atoms with Crippen LogP contribution < -0.4 is 0 Å². The molecule has 0 aliphatic carbocycles. The molecule has 0 fully saturated rings. The fourth-order valence-corrected chi connectivity index (χ4v) is 1.36. The van der Waals surface area contributed by atoms with Crippen molar-refractivity contribution in [2.24, 2.45) is 0 Å². The zero-order valence-electron chi connectivity index (χ0n) is 8.31. The molecule has 2 rings (SSSR count). The van der Waals surface area contributed by atoms with E-state index < -0.39 is 0 Å². The number of hydrogen-bond acceptors (Lipinski definition) is 3. The van der Waals surface area contributed by atoms with Crippen molar-refractivity contribution in [1.82, 2.24) is 9.97 Å². The molecule has 0 atom stereocenters. The summed E-state index contributed by atoms with van der Waals surface area (Å²) in [5.41, 5.74) is 3.19. The second kappa shape index (κ2) is 3.89. The van der Waals surface area contributed by atoms with Gasteiger partial charge in [-0.15, -0.1) is 0 Å². The minimum atomic E-state index is 0.200. The molecule has 0 saturated heterocycles. The van der Waals surface area contributed by atoms with Crippen LogP contribution in [0.1, 0.15) is 11.4 Å². The molecule has 1 heterocycles. The summed E-state index contributed by atoms with van der Waals surface area (Å²) in [5.74, 6) is 0.200. The Labute approximate surface area is 88.1 Å². The van der Waals surface area contributed by atoms with Crippen molar-refractivity contribution in [3.8, 4) is 17.2 Å². The van der Waals surface area contributed by atoms with Crippen molar-refractivity contribution in [3.63, 3.8) is 0 Å². The number of aromatic nitrogens is 2. The first-order valence-electron chi connectivity index (χ1n) is 4.59. The van der Waals surface area contributed by atoms with Crippen LogP contribution in [0.3, 0.4) is 0 Å². The van der Waals surface area contributed by atoms with Crippen molar-refractivity contribution >= 4 is 0 Å². The highest BCUT2D eigenvalue weighted by Gasteiger charge is 1.99. The van der Waals surface area contributed by atoms with E-state index in [9.17, 15) is 0 Å². The molecule has 15 heavy (non-hydrogen) atoms. The van der Waals surface area contributed by atoms with Crippen LogP contribution in [0.4, 0.5) is 0 Å². The van der Waals surface area contributed by atoms with E-state index in [4.69, 9.17) is 5.26 Å². The molecule has 0 amide bonds. The third-order valence-electron chi connectivity index (χ3n) is 2.10. The van der Waals surface area contributed by atoms with Gasteiger partial charge in [-0.1, -0.05) is 29.8 Å². The fourth-order valence-electron chi connectivity index (χ4n) is 1.36. The van der Waals surface area contributed by atoms with Gasteiger partial charge < -0.3 is 0 Å². The van der Waals surface area contributed by atoms with Gasteiger partial charge >= 0.3 is 0 Å². The van der Waals surface area contributed by atoms with Gasteiger partial charge in [0.25, 0.3) is 0 Å². The quantitative estimate of drug-likeness (QED) is 0.701. The van der Waals surface area contributed by atoms with Gasteiger partial charge in [0.2, 0.25) is 5.82 Å². The van der Waals surface area contributed by atoms with Crippen molar-refractivity contribution in [3.05, 3.63) is 48.0 Å². The van der Waals surface area contributed by atoms with E-state index in [0.29, 0.717) is 0 Å². The minimum absolute atomic E-state index is 0.200. The number of nitrogens with zero attached hydrogens (tertiary/aromatic N) is 3. The first-order chi connectivity index (χ1) is 7.29. The number of benzene rings is 1. The van der Waals surface area contributed by atoms with Gasteiger partial charge in [0, 0.05) is 18.0 Å². The molecule has 0 radical (unpaired) electrons. The Bertz CT molecular complexity index is 509. The van der Waals surface area contributed by atoms with Crippen LogP contribution in [0.15, 0.2) is 36.7 Å². The summed E-state index contributed by atoms with van der Waals surface area (Å²) in [6, 6.07) is 9.98. The van der Waals surface area contributed by atoms with Crippen molar-refractivity contribution < 1.29 is 0 Å². The van der Waals surface area contributed by atoms with Crippen molar-refractivity contribution in [2.75, 3.05) is 0 Å². The topological polar surface area (TPSA) is 49.6 Å². The van der Waals surface area contributed by atoms with Gasteiger partial charge in [0.05, 0.1) is 0 Å². The Kier molecular flexibility index (Phi) is 2.42. The molecule has 0 saturated carbocycles. The molecule has 0 aliphatic rings. The number of nitriles is 1. The second-order valence-corrected chi connectivity index (χ2v) is 3.28. The summed E-state index contributed by atoms with van der Waals surface area (Å²) in [6.45, 7) is 2.04. The average Bonchev–Trinajstić information content (AvgIpc) is 2.29. The summed E-state index contributed by atoms with van der Waals surface area (Å²) < 4.78 is 0. The number of rotatable bonds is 1. The molecule has 0 unspecified atom stereocenters.